The van der Waals surface area contributed by atoms with Gasteiger partial charge in [0.1, 0.15) is 22.1 Å². The lowest BCUT2D eigenvalue weighted by molar-refractivity contribution is 0.00446. The Bertz CT molecular complexity index is 1030. The van der Waals surface area contributed by atoms with Crippen molar-refractivity contribution in [1.29, 1.82) is 0 Å². The Morgan fingerprint density at radius 1 is 1.19 bits per heavy atom. The number of rotatable bonds is 9. The number of thiazole rings is 1. The highest BCUT2D eigenvalue weighted by molar-refractivity contribution is 7.21. The van der Waals surface area contributed by atoms with Crippen LogP contribution in [0, 0.1) is 5.92 Å². The molecule has 4 rings (SSSR count). The maximum Gasteiger partial charge on any atom is 0.226 e. The maximum atomic E-state index is 10.5. The van der Waals surface area contributed by atoms with Gasteiger partial charge in [-0.25, -0.2) is 9.97 Å². The van der Waals surface area contributed by atoms with Crippen molar-refractivity contribution >= 4 is 44.9 Å². The van der Waals surface area contributed by atoms with E-state index in [1.54, 1.807) is 0 Å². The van der Waals surface area contributed by atoms with Crippen molar-refractivity contribution in [3.05, 3.63) is 29.4 Å². The summed E-state index contributed by atoms with van der Waals surface area (Å²) in [5.41, 5.74) is 1.36. The van der Waals surface area contributed by atoms with Gasteiger partial charge in [-0.3, -0.25) is 0 Å². The van der Waals surface area contributed by atoms with Crippen molar-refractivity contribution in [2.75, 3.05) is 37.0 Å². The van der Waals surface area contributed by atoms with Crippen molar-refractivity contribution in [2.45, 2.75) is 31.6 Å². The standard InChI is InChI=1S/C21H26ClN5O4S/c1-2-31-8-7-23-21-26-18(22)15(20-25-12-5-3-4-6-14(12)32-20)19(27-21)24-13-9-11(10-28)16(29)17(13)30/h3-6,11,13,16-17,28-30H,2,7-10H2,1H3,(H2,23,24,26,27)/t11-,13-,16-,17+/m1/s1. The summed E-state index contributed by atoms with van der Waals surface area (Å²) < 4.78 is 6.34. The molecule has 1 aromatic carbocycles. The SMILES string of the molecule is CCOCCNc1nc(Cl)c(-c2nc3ccccc3s2)c(N[C@@H]2C[C@H](CO)[C@@H](O)[C@H]2O)n1. The van der Waals surface area contributed by atoms with E-state index in [2.05, 4.69) is 25.6 Å². The fraction of sp³-hybridized carbons (Fsp3) is 0.476. The molecule has 0 saturated heterocycles. The van der Waals surface area contributed by atoms with Crippen LogP contribution in [0.5, 0.6) is 0 Å². The first-order chi connectivity index (χ1) is 15.5. The van der Waals surface area contributed by atoms with Gasteiger partial charge >= 0.3 is 0 Å². The zero-order chi connectivity index (χ0) is 22.7. The molecular formula is C21H26ClN5O4S. The number of para-hydroxylation sites is 1. The number of halogens is 1. The van der Waals surface area contributed by atoms with Crippen LogP contribution in [-0.4, -0.2) is 74.9 Å². The van der Waals surface area contributed by atoms with Gasteiger partial charge in [0.05, 0.1) is 34.5 Å². The molecule has 1 fully saturated rings. The molecule has 0 bridgehead atoms. The molecule has 4 atom stereocenters. The predicted octanol–water partition coefficient (Wildman–Crippen LogP) is 2.37. The second kappa shape index (κ2) is 10.2. The second-order valence-electron chi connectivity index (χ2n) is 7.58. The molecule has 2 aromatic heterocycles. The Balaban J connectivity index is 1.69. The van der Waals surface area contributed by atoms with E-state index in [0.717, 1.165) is 10.2 Å². The van der Waals surface area contributed by atoms with Gasteiger partial charge in [0.25, 0.3) is 0 Å². The van der Waals surface area contributed by atoms with E-state index in [4.69, 9.17) is 16.3 Å². The van der Waals surface area contributed by atoms with Gasteiger partial charge in [0, 0.05) is 25.7 Å². The largest absolute Gasteiger partial charge is 0.396 e. The van der Waals surface area contributed by atoms with E-state index in [-0.39, 0.29) is 11.8 Å². The summed E-state index contributed by atoms with van der Waals surface area (Å²) in [6, 6.07) is 7.24. The van der Waals surface area contributed by atoms with Crippen LogP contribution in [0.3, 0.4) is 0 Å². The lowest BCUT2D eigenvalue weighted by Crippen LogP contribution is -2.35. The molecule has 0 aliphatic heterocycles. The molecule has 1 saturated carbocycles. The molecule has 0 spiro atoms. The number of hydrogen-bond acceptors (Lipinski definition) is 10. The molecule has 32 heavy (non-hydrogen) atoms. The van der Waals surface area contributed by atoms with E-state index in [0.29, 0.717) is 48.5 Å². The summed E-state index contributed by atoms with van der Waals surface area (Å²) in [5, 5.41) is 37.4. The predicted molar refractivity (Wildman–Crippen MR) is 125 cm³/mol. The average Bonchev–Trinajstić information content (AvgIpc) is 3.32. The number of fused-ring (bicyclic) bond motifs is 1. The number of anilines is 2. The molecule has 11 heteroatoms. The van der Waals surface area contributed by atoms with Gasteiger partial charge in [-0.15, -0.1) is 11.3 Å². The number of nitrogens with zero attached hydrogens (tertiary/aromatic N) is 3. The van der Waals surface area contributed by atoms with Gasteiger partial charge in [-0.2, -0.15) is 4.98 Å². The van der Waals surface area contributed by atoms with Gasteiger partial charge in [-0.05, 0) is 25.5 Å². The summed E-state index contributed by atoms with van der Waals surface area (Å²) in [5.74, 6) is 0.293. The first-order valence-corrected chi connectivity index (χ1v) is 11.7. The van der Waals surface area contributed by atoms with Gasteiger partial charge in [0.2, 0.25) is 5.95 Å². The molecule has 2 heterocycles. The summed E-state index contributed by atoms with van der Waals surface area (Å²) in [7, 11) is 0. The summed E-state index contributed by atoms with van der Waals surface area (Å²) in [6.07, 6.45) is -1.70. The monoisotopic (exact) mass is 479 g/mol. The normalized spacial score (nSPS) is 23.0. The molecule has 0 amide bonds. The number of aliphatic hydroxyl groups excluding tert-OH is 3. The highest BCUT2D eigenvalue weighted by Gasteiger charge is 2.41. The van der Waals surface area contributed by atoms with Gasteiger partial charge in [-0.1, -0.05) is 23.7 Å². The van der Waals surface area contributed by atoms with Crippen molar-refractivity contribution in [3.8, 4) is 10.6 Å². The van der Waals surface area contributed by atoms with E-state index < -0.39 is 24.2 Å². The zero-order valence-electron chi connectivity index (χ0n) is 17.5. The van der Waals surface area contributed by atoms with Crippen LogP contribution in [0.1, 0.15) is 13.3 Å². The molecule has 0 radical (unpaired) electrons. The minimum Gasteiger partial charge on any atom is -0.396 e. The summed E-state index contributed by atoms with van der Waals surface area (Å²) in [4.78, 5) is 13.7. The van der Waals surface area contributed by atoms with Gasteiger partial charge in [0.15, 0.2) is 0 Å². The smallest absolute Gasteiger partial charge is 0.226 e. The Kier molecular flexibility index (Phi) is 7.39. The maximum absolute atomic E-state index is 10.5. The number of benzene rings is 1. The molecule has 172 valence electrons. The Labute approximate surface area is 194 Å². The molecule has 1 aliphatic carbocycles. The number of aromatic nitrogens is 3. The van der Waals surface area contributed by atoms with E-state index in [9.17, 15) is 15.3 Å². The number of nitrogens with one attached hydrogen (secondary N) is 2. The van der Waals surface area contributed by atoms with Crippen LogP contribution in [0.4, 0.5) is 11.8 Å². The quantitative estimate of drug-likeness (QED) is 0.231. The lowest BCUT2D eigenvalue weighted by atomic mass is 10.1. The van der Waals surface area contributed by atoms with Gasteiger partial charge < -0.3 is 30.7 Å². The van der Waals surface area contributed by atoms with E-state index >= 15 is 0 Å². The molecule has 0 unspecified atom stereocenters. The third-order valence-electron chi connectivity index (χ3n) is 5.46. The Hall–Kier alpha value is -2.08. The fourth-order valence-corrected chi connectivity index (χ4v) is 5.12. The minimum absolute atomic E-state index is 0.212. The zero-order valence-corrected chi connectivity index (χ0v) is 19.1. The van der Waals surface area contributed by atoms with Crippen LogP contribution in [0.15, 0.2) is 24.3 Å². The minimum atomic E-state index is -1.06. The van der Waals surface area contributed by atoms with Crippen molar-refractivity contribution < 1.29 is 20.1 Å². The fourth-order valence-electron chi connectivity index (χ4n) is 3.79. The van der Waals surface area contributed by atoms with Crippen molar-refractivity contribution in [3.63, 3.8) is 0 Å². The molecular weight excluding hydrogens is 454 g/mol. The average molecular weight is 480 g/mol. The summed E-state index contributed by atoms with van der Waals surface area (Å²) in [6.45, 7) is 3.31. The van der Waals surface area contributed by atoms with Crippen LogP contribution >= 0.6 is 22.9 Å². The van der Waals surface area contributed by atoms with Crippen molar-refractivity contribution in [1.82, 2.24) is 15.0 Å². The highest BCUT2D eigenvalue weighted by atomic mass is 35.5. The summed E-state index contributed by atoms with van der Waals surface area (Å²) >= 11 is 8.06. The van der Waals surface area contributed by atoms with Crippen LogP contribution < -0.4 is 10.6 Å². The molecule has 1 aliphatic rings. The Morgan fingerprint density at radius 2 is 2.00 bits per heavy atom. The van der Waals surface area contributed by atoms with Crippen LogP contribution in [-0.2, 0) is 4.74 Å². The molecule has 3 aromatic rings. The van der Waals surface area contributed by atoms with Crippen LogP contribution in [0.2, 0.25) is 5.15 Å². The molecule has 9 nitrogen and oxygen atoms in total. The number of hydrogen-bond donors (Lipinski definition) is 5. The highest BCUT2D eigenvalue weighted by Crippen LogP contribution is 2.39. The first kappa shape index (κ1) is 23.1. The third kappa shape index (κ3) is 4.80. The van der Waals surface area contributed by atoms with E-state index in [1.807, 2.05) is 31.2 Å². The second-order valence-corrected chi connectivity index (χ2v) is 8.97. The van der Waals surface area contributed by atoms with Crippen LogP contribution in [0.25, 0.3) is 20.8 Å². The molecule has 5 N–H and O–H groups in total. The van der Waals surface area contributed by atoms with E-state index in [1.165, 1.54) is 11.3 Å². The lowest BCUT2D eigenvalue weighted by Gasteiger charge is -2.21. The van der Waals surface area contributed by atoms with Crippen molar-refractivity contribution in [2.24, 2.45) is 5.92 Å². The number of ether oxygens (including phenoxy) is 1. The third-order valence-corrected chi connectivity index (χ3v) is 6.79. The topological polar surface area (TPSA) is 133 Å². The first-order valence-electron chi connectivity index (χ1n) is 10.5. The number of aliphatic hydroxyl groups is 3. The Morgan fingerprint density at radius 3 is 2.72 bits per heavy atom.